The van der Waals surface area contributed by atoms with E-state index in [0.29, 0.717) is 17.7 Å². The summed E-state index contributed by atoms with van der Waals surface area (Å²) in [5.74, 6) is 0. The normalized spacial score (nSPS) is 11.2. The van der Waals surface area contributed by atoms with Crippen LogP contribution in [0.25, 0.3) is 10.2 Å². The van der Waals surface area contributed by atoms with Gasteiger partial charge in [-0.15, -0.1) is 11.3 Å². The number of nitrogens with zero attached hydrogens (tertiary/aromatic N) is 3. The molecule has 0 aliphatic heterocycles. The molecule has 2 rings (SSSR count). The highest BCUT2D eigenvalue weighted by atomic mass is 32.1. The minimum Gasteiger partial charge on any atom is -0.395 e. The Morgan fingerprint density at radius 2 is 2.14 bits per heavy atom. The standard InChI is InChI=1S/C14H19N3O3S/c1-3-10(4-2)16(7-8-18)11-5-6-12-13(15-9-21-12)14(11)17(19)20/h5-6,9-10,18H,3-4,7-8H2,1-2H3. The zero-order valence-corrected chi connectivity index (χ0v) is 13.0. The second-order valence-corrected chi connectivity index (χ2v) is 5.66. The van der Waals surface area contributed by atoms with E-state index in [2.05, 4.69) is 4.98 Å². The van der Waals surface area contributed by atoms with Crippen LogP contribution in [0.1, 0.15) is 26.7 Å². The predicted octanol–water partition coefficient (Wildman–Crippen LogP) is 3.19. The van der Waals surface area contributed by atoms with Crippen molar-refractivity contribution in [2.24, 2.45) is 0 Å². The van der Waals surface area contributed by atoms with Gasteiger partial charge < -0.3 is 10.0 Å². The number of aliphatic hydroxyl groups excluding tert-OH is 1. The maximum absolute atomic E-state index is 11.5. The van der Waals surface area contributed by atoms with Gasteiger partial charge in [0, 0.05) is 12.6 Å². The van der Waals surface area contributed by atoms with Crippen molar-refractivity contribution >= 4 is 32.9 Å². The largest absolute Gasteiger partial charge is 0.395 e. The van der Waals surface area contributed by atoms with Gasteiger partial charge in [0.25, 0.3) is 0 Å². The summed E-state index contributed by atoms with van der Waals surface area (Å²) in [6.07, 6.45) is 1.73. The van der Waals surface area contributed by atoms with E-state index in [1.54, 1.807) is 11.6 Å². The summed E-state index contributed by atoms with van der Waals surface area (Å²) in [4.78, 5) is 17.2. The zero-order chi connectivity index (χ0) is 15.4. The second-order valence-electron chi connectivity index (χ2n) is 4.78. The molecule has 6 nitrogen and oxygen atoms in total. The highest BCUT2D eigenvalue weighted by Gasteiger charge is 2.27. The molecule has 0 amide bonds. The van der Waals surface area contributed by atoms with Crippen LogP contribution < -0.4 is 4.90 Å². The molecular formula is C14H19N3O3S. The Morgan fingerprint density at radius 3 is 2.71 bits per heavy atom. The summed E-state index contributed by atoms with van der Waals surface area (Å²) >= 11 is 1.39. The summed E-state index contributed by atoms with van der Waals surface area (Å²) in [5.41, 5.74) is 2.63. The van der Waals surface area contributed by atoms with Crippen molar-refractivity contribution in [2.75, 3.05) is 18.1 Å². The van der Waals surface area contributed by atoms with Crippen molar-refractivity contribution in [1.82, 2.24) is 4.98 Å². The first-order valence-electron chi connectivity index (χ1n) is 7.02. The molecule has 0 unspecified atom stereocenters. The monoisotopic (exact) mass is 309 g/mol. The molecule has 1 N–H and O–H groups in total. The van der Waals surface area contributed by atoms with E-state index < -0.39 is 0 Å². The number of anilines is 1. The number of hydrogen-bond donors (Lipinski definition) is 1. The molecule has 7 heteroatoms. The van der Waals surface area contributed by atoms with Crippen LogP contribution in [0.5, 0.6) is 0 Å². The fourth-order valence-corrected chi connectivity index (χ4v) is 3.33. The summed E-state index contributed by atoms with van der Waals surface area (Å²) < 4.78 is 0.805. The van der Waals surface area contributed by atoms with E-state index in [0.717, 1.165) is 17.5 Å². The Balaban J connectivity index is 2.60. The molecular weight excluding hydrogens is 290 g/mol. The van der Waals surface area contributed by atoms with Gasteiger partial charge in [-0.3, -0.25) is 10.1 Å². The van der Waals surface area contributed by atoms with Crippen LogP contribution in [0.2, 0.25) is 0 Å². The lowest BCUT2D eigenvalue weighted by atomic mass is 10.1. The lowest BCUT2D eigenvalue weighted by molar-refractivity contribution is -0.382. The lowest BCUT2D eigenvalue weighted by Gasteiger charge is -2.31. The fourth-order valence-electron chi connectivity index (χ4n) is 2.65. The van der Waals surface area contributed by atoms with E-state index in [1.807, 2.05) is 24.8 Å². The number of aliphatic hydroxyl groups is 1. The molecule has 0 aliphatic rings. The number of nitro groups is 1. The topological polar surface area (TPSA) is 79.5 Å². The van der Waals surface area contributed by atoms with Gasteiger partial charge in [0.2, 0.25) is 0 Å². The first kappa shape index (κ1) is 15.7. The lowest BCUT2D eigenvalue weighted by Crippen LogP contribution is -2.37. The number of fused-ring (bicyclic) bond motifs is 1. The van der Waals surface area contributed by atoms with Gasteiger partial charge in [-0.1, -0.05) is 13.8 Å². The molecule has 0 aliphatic carbocycles. The highest BCUT2D eigenvalue weighted by molar-refractivity contribution is 7.16. The van der Waals surface area contributed by atoms with Crippen LogP contribution in [-0.2, 0) is 0 Å². The molecule has 1 aromatic heterocycles. The molecule has 0 saturated carbocycles. The molecule has 1 heterocycles. The molecule has 0 bridgehead atoms. The van der Waals surface area contributed by atoms with Crippen molar-refractivity contribution in [3.8, 4) is 0 Å². The summed E-state index contributed by atoms with van der Waals surface area (Å²) in [5, 5.41) is 20.8. The average molecular weight is 309 g/mol. The molecule has 0 saturated heterocycles. The smallest absolute Gasteiger partial charge is 0.319 e. The molecule has 0 fully saturated rings. The molecule has 2 aromatic rings. The van der Waals surface area contributed by atoms with Crippen molar-refractivity contribution < 1.29 is 10.0 Å². The average Bonchev–Trinajstić information content (AvgIpc) is 2.94. The third kappa shape index (κ3) is 2.98. The van der Waals surface area contributed by atoms with Crippen LogP contribution in [0.15, 0.2) is 17.6 Å². The van der Waals surface area contributed by atoms with Crippen LogP contribution in [0.3, 0.4) is 0 Å². The molecule has 0 radical (unpaired) electrons. The van der Waals surface area contributed by atoms with Crippen molar-refractivity contribution in [3.63, 3.8) is 0 Å². The van der Waals surface area contributed by atoms with E-state index in [1.165, 1.54) is 11.3 Å². The number of thiazole rings is 1. The Labute approximate surface area is 127 Å². The summed E-state index contributed by atoms with van der Waals surface area (Å²) in [7, 11) is 0. The Morgan fingerprint density at radius 1 is 1.43 bits per heavy atom. The van der Waals surface area contributed by atoms with Crippen molar-refractivity contribution in [3.05, 3.63) is 27.8 Å². The minimum atomic E-state index is -0.371. The van der Waals surface area contributed by atoms with E-state index in [-0.39, 0.29) is 23.3 Å². The van der Waals surface area contributed by atoms with Crippen molar-refractivity contribution in [1.29, 1.82) is 0 Å². The molecule has 0 spiro atoms. The van der Waals surface area contributed by atoms with Crippen LogP contribution in [-0.4, -0.2) is 34.2 Å². The summed E-state index contributed by atoms with van der Waals surface area (Å²) in [6.45, 7) is 4.43. The van der Waals surface area contributed by atoms with E-state index in [4.69, 9.17) is 0 Å². The Kier molecular flexibility index (Phi) is 5.08. The van der Waals surface area contributed by atoms with Crippen LogP contribution >= 0.6 is 11.3 Å². The molecule has 21 heavy (non-hydrogen) atoms. The first-order valence-corrected chi connectivity index (χ1v) is 7.90. The Hall–Kier alpha value is -1.73. The van der Waals surface area contributed by atoms with Gasteiger partial charge in [-0.05, 0) is 25.0 Å². The molecule has 0 atom stereocenters. The van der Waals surface area contributed by atoms with Gasteiger partial charge in [-0.25, -0.2) is 4.98 Å². The maximum Gasteiger partial charge on any atom is 0.319 e. The minimum absolute atomic E-state index is 0.0362. The van der Waals surface area contributed by atoms with Gasteiger partial charge >= 0.3 is 5.69 Å². The highest BCUT2D eigenvalue weighted by Crippen LogP contribution is 2.37. The molecule has 114 valence electrons. The predicted molar refractivity (Wildman–Crippen MR) is 85.1 cm³/mol. The number of aromatic nitrogens is 1. The fraction of sp³-hybridized carbons (Fsp3) is 0.500. The zero-order valence-electron chi connectivity index (χ0n) is 12.2. The van der Waals surface area contributed by atoms with Gasteiger partial charge in [-0.2, -0.15) is 0 Å². The quantitative estimate of drug-likeness (QED) is 0.627. The van der Waals surface area contributed by atoms with Crippen LogP contribution in [0, 0.1) is 10.1 Å². The van der Waals surface area contributed by atoms with Gasteiger partial charge in [0.05, 0.1) is 21.7 Å². The third-order valence-corrected chi connectivity index (χ3v) is 4.46. The number of benzene rings is 1. The van der Waals surface area contributed by atoms with Gasteiger partial charge in [0.15, 0.2) is 5.52 Å². The van der Waals surface area contributed by atoms with E-state index >= 15 is 0 Å². The SMILES string of the molecule is CCC(CC)N(CCO)c1ccc2scnc2c1[N+](=O)[O-]. The van der Waals surface area contributed by atoms with Gasteiger partial charge in [0.1, 0.15) is 5.69 Å². The Bertz CT molecular complexity index is 625. The van der Waals surface area contributed by atoms with E-state index in [9.17, 15) is 15.2 Å². The summed E-state index contributed by atoms with van der Waals surface area (Å²) in [6, 6.07) is 3.79. The van der Waals surface area contributed by atoms with Crippen LogP contribution in [0.4, 0.5) is 11.4 Å². The second kappa shape index (κ2) is 6.82. The van der Waals surface area contributed by atoms with Crippen molar-refractivity contribution in [2.45, 2.75) is 32.7 Å². The third-order valence-electron chi connectivity index (χ3n) is 3.67. The number of hydrogen-bond acceptors (Lipinski definition) is 6. The first-order chi connectivity index (χ1) is 10.1. The number of rotatable bonds is 7. The number of nitro benzene ring substituents is 1. The maximum atomic E-state index is 11.5. The molecule has 1 aromatic carbocycles.